The molecule has 4 heterocycles. The number of rotatable bonds is 16. The Hall–Kier alpha value is -6.82. The van der Waals surface area contributed by atoms with Gasteiger partial charge in [-0.05, 0) is 130 Å². The van der Waals surface area contributed by atoms with Gasteiger partial charge in [0.1, 0.15) is 72.6 Å². The Kier molecular flexibility index (Phi) is 18.5. The molecule has 0 bridgehead atoms. The smallest absolute Gasteiger partial charge is 0.279 e. The van der Waals surface area contributed by atoms with E-state index in [0.29, 0.717) is 33.2 Å². The van der Waals surface area contributed by atoms with Gasteiger partial charge < -0.3 is 46.1 Å². The van der Waals surface area contributed by atoms with Crippen molar-refractivity contribution in [3.8, 4) is 68.3 Å². The molecule has 1 amide bonds. The number of ketones is 1. The van der Waals surface area contributed by atoms with Gasteiger partial charge in [-0.3, -0.25) is 14.4 Å². The molecule has 16 heteroatoms. The molecule has 0 N–H and O–H groups in total. The van der Waals surface area contributed by atoms with Gasteiger partial charge in [-0.15, -0.1) is 0 Å². The van der Waals surface area contributed by atoms with E-state index in [0.717, 1.165) is 71.7 Å². The second kappa shape index (κ2) is 24.6. The van der Waals surface area contributed by atoms with E-state index in [2.05, 4.69) is 31.9 Å². The lowest BCUT2D eigenvalue weighted by atomic mass is 10.0. The third kappa shape index (κ3) is 12.5. The summed E-state index contributed by atoms with van der Waals surface area (Å²) < 4.78 is 56.1. The van der Waals surface area contributed by atoms with E-state index in [1.54, 1.807) is 53.9 Å². The number of likely N-dealkylation sites (N-methyl/N-ethyl adjacent to an activating group) is 1. The lowest BCUT2D eigenvalue weighted by molar-refractivity contribution is -0.179. The first-order chi connectivity index (χ1) is 33.8. The maximum Gasteiger partial charge on any atom is 0.279 e. The van der Waals surface area contributed by atoms with Gasteiger partial charge in [-0.1, -0.05) is 48.5 Å². The van der Waals surface area contributed by atoms with Crippen LogP contribution in [0.2, 0.25) is 0 Å². The van der Waals surface area contributed by atoms with E-state index >= 15 is 0 Å². The zero-order valence-electron chi connectivity index (χ0n) is 40.3. The number of hydroxylamine groups is 2. The number of amides is 1. The molecule has 0 spiro atoms. The van der Waals surface area contributed by atoms with Crippen LogP contribution >= 0.6 is 31.9 Å². The standard InChI is InChI=1S/C26H23BrO6.C16H19NO4.C12H11BrO3/c1-15-5-10-19(32-15)16-6-8-17(9-7-16)26(31-4)25(28)21-12-11-20(33-21)18-13-22(29-2)24(27)23(14-18)30-3;1-11-5-10-14(21-11)12-6-8-13(9-7-12)15(19-3)16(18)17(2)20-4;1-14-10-6-8(9-4-3-5-16-9)7-11(15-2)12(10)13/h5-14,26H,1-4H3;5-10,15H,1-4H3;3-7H,1-2H3. The van der Waals surface area contributed by atoms with Gasteiger partial charge in [0, 0.05) is 43.5 Å². The van der Waals surface area contributed by atoms with Crippen LogP contribution in [0.25, 0.3) is 45.3 Å². The molecule has 0 aliphatic carbocycles. The van der Waals surface area contributed by atoms with Crippen LogP contribution in [0.1, 0.15) is 45.4 Å². The number of Topliss-reactive ketones (excluding diaryl/α,β-unsaturated/α-hetero) is 1. The molecule has 2 unspecified atom stereocenters. The van der Waals surface area contributed by atoms with Crippen molar-refractivity contribution in [3.05, 3.63) is 165 Å². The average Bonchev–Trinajstić information content (AvgIpc) is 4.25. The van der Waals surface area contributed by atoms with Crippen LogP contribution in [0.3, 0.4) is 0 Å². The van der Waals surface area contributed by atoms with E-state index in [-0.39, 0.29) is 17.5 Å². The average molecular weight is 1080 g/mol. The number of ether oxygens (including phenoxy) is 6. The number of halogens is 2. The Morgan fingerprint density at radius 2 is 0.914 bits per heavy atom. The quantitative estimate of drug-likeness (QED) is 0.0666. The van der Waals surface area contributed by atoms with Gasteiger partial charge in [0.2, 0.25) is 5.78 Å². The molecule has 4 aromatic heterocycles. The SMILES string of the molecule is COC(C(=O)N(C)OC)c1ccc(-c2ccc(C)o2)cc1.COc1cc(-c2ccc(C(=O)C(OC)c3ccc(-c4ccc(C)o4)cc3)o2)cc(OC)c1Br.COc1cc(-c2ccco2)cc(OC)c1Br. The minimum absolute atomic E-state index is 0.198. The first kappa shape index (κ1) is 52.5. The molecule has 366 valence electrons. The fraction of sp³-hybridized carbons (Fsp3) is 0.222. The summed E-state index contributed by atoms with van der Waals surface area (Å²) >= 11 is 6.87. The van der Waals surface area contributed by atoms with E-state index in [1.807, 2.05) is 123 Å². The highest BCUT2D eigenvalue weighted by Gasteiger charge is 2.26. The fourth-order valence-electron chi connectivity index (χ4n) is 7.07. The van der Waals surface area contributed by atoms with Gasteiger partial charge >= 0.3 is 0 Å². The summed E-state index contributed by atoms with van der Waals surface area (Å²) in [6.07, 6.45) is 0.142. The predicted molar refractivity (Wildman–Crippen MR) is 271 cm³/mol. The van der Waals surface area contributed by atoms with Crippen molar-refractivity contribution in [2.75, 3.05) is 56.8 Å². The number of nitrogens with zero attached hydrogens (tertiary/aromatic N) is 1. The molecule has 0 aliphatic rings. The number of aryl methyl sites for hydroxylation is 2. The lowest BCUT2D eigenvalue weighted by Crippen LogP contribution is -2.31. The van der Waals surface area contributed by atoms with Crippen LogP contribution in [-0.4, -0.2) is 73.6 Å². The Morgan fingerprint density at radius 1 is 0.500 bits per heavy atom. The van der Waals surface area contributed by atoms with Crippen molar-refractivity contribution in [1.29, 1.82) is 0 Å². The van der Waals surface area contributed by atoms with Crippen molar-refractivity contribution < 1.29 is 60.5 Å². The molecule has 2 atom stereocenters. The van der Waals surface area contributed by atoms with Crippen LogP contribution < -0.4 is 18.9 Å². The van der Waals surface area contributed by atoms with Crippen molar-refractivity contribution in [2.24, 2.45) is 0 Å². The molecular formula is C54H53Br2NO13. The Balaban J connectivity index is 0.000000186. The third-order valence-corrected chi connectivity index (χ3v) is 12.4. The molecule has 70 heavy (non-hydrogen) atoms. The lowest BCUT2D eigenvalue weighted by Gasteiger charge is -2.21. The molecule has 0 saturated carbocycles. The zero-order chi connectivity index (χ0) is 50.5. The van der Waals surface area contributed by atoms with Gasteiger partial charge in [-0.2, -0.15) is 0 Å². The van der Waals surface area contributed by atoms with Gasteiger partial charge in [0.05, 0.1) is 41.8 Å². The number of hydrogen-bond donors (Lipinski definition) is 0. The largest absolute Gasteiger partial charge is 0.495 e. The summed E-state index contributed by atoms with van der Waals surface area (Å²) in [6, 6.07) is 37.2. The first-order valence-corrected chi connectivity index (χ1v) is 23.1. The Labute approximate surface area is 423 Å². The van der Waals surface area contributed by atoms with Crippen molar-refractivity contribution in [3.63, 3.8) is 0 Å². The summed E-state index contributed by atoms with van der Waals surface area (Å²) in [4.78, 5) is 30.2. The molecule has 14 nitrogen and oxygen atoms in total. The summed E-state index contributed by atoms with van der Waals surface area (Å²) in [5.74, 6) is 6.84. The number of methoxy groups -OCH3 is 6. The second-order valence-electron chi connectivity index (χ2n) is 15.2. The maximum absolute atomic E-state index is 13.2. The number of benzene rings is 4. The molecule has 8 aromatic rings. The summed E-state index contributed by atoms with van der Waals surface area (Å²) in [5, 5.41) is 1.15. The number of furan rings is 4. The van der Waals surface area contributed by atoms with E-state index in [4.69, 9.17) is 50.9 Å². The molecule has 4 aromatic carbocycles. The van der Waals surface area contributed by atoms with Crippen LogP contribution in [0.15, 0.2) is 154 Å². The van der Waals surface area contributed by atoms with Crippen LogP contribution in [0.5, 0.6) is 23.0 Å². The highest BCUT2D eigenvalue weighted by molar-refractivity contribution is 9.11. The summed E-state index contributed by atoms with van der Waals surface area (Å²) in [5.41, 5.74) is 5.00. The molecule has 0 saturated heterocycles. The van der Waals surface area contributed by atoms with Crippen molar-refractivity contribution >= 4 is 43.6 Å². The molecule has 8 rings (SSSR count). The first-order valence-electron chi connectivity index (χ1n) is 21.5. The van der Waals surface area contributed by atoms with Gasteiger partial charge in [-0.25, -0.2) is 5.06 Å². The third-order valence-electron chi connectivity index (χ3n) is 10.8. The molecule has 0 fully saturated rings. The minimum atomic E-state index is -0.801. The van der Waals surface area contributed by atoms with Crippen molar-refractivity contribution in [2.45, 2.75) is 26.1 Å². The minimum Gasteiger partial charge on any atom is -0.495 e. The van der Waals surface area contributed by atoms with Crippen LogP contribution in [-0.2, 0) is 19.1 Å². The number of carbonyl (C=O) groups excluding carboxylic acids is 2. The maximum atomic E-state index is 13.2. The topological polar surface area (TPSA) is 155 Å². The van der Waals surface area contributed by atoms with E-state index < -0.39 is 12.2 Å². The monoisotopic (exact) mass is 1080 g/mol. The van der Waals surface area contributed by atoms with Gasteiger partial charge in [0.15, 0.2) is 11.9 Å². The normalized spacial score (nSPS) is 11.6. The number of hydrogen-bond acceptors (Lipinski definition) is 13. The van der Waals surface area contributed by atoms with E-state index in [1.165, 1.54) is 21.3 Å². The molecular weight excluding hydrogens is 1030 g/mol. The zero-order valence-corrected chi connectivity index (χ0v) is 43.5. The summed E-state index contributed by atoms with van der Waals surface area (Å²) in [6.45, 7) is 3.80. The van der Waals surface area contributed by atoms with Crippen LogP contribution in [0, 0.1) is 13.8 Å². The second-order valence-corrected chi connectivity index (χ2v) is 16.8. The van der Waals surface area contributed by atoms with Gasteiger partial charge in [0.25, 0.3) is 5.91 Å². The number of carbonyl (C=O) groups is 2. The highest BCUT2D eigenvalue weighted by atomic mass is 79.9. The molecule has 0 radical (unpaired) electrons. The Bertz CT molecular complexity index is 2900. The van der Waals surface area contributed by atoms with Crippen LogP contribution in [0.4, 0.5) is 0 Å². The Morgan fingerprint density at radius 3 is 1.29 bits per heavy atom. The fourth-order valence-corrected chi connectivity index (χ4v) is 8.18. The predicted octanol–water partition coefficient (Wildman–Crippen LogP) is 13.6. The summed E-state index contributed by atoms with van der Waals surface area (Å²) in [7, 11) is 12.4. The highest BCUT2D eigenvalue weighted by Crippen LogP contribution is 2.41. The van der Waals surface area contributed by atoms with Crippen molar-refractivity contribution in [1.82, 2.24) is 5.06 Å². The molecule has 0 aliphatic heterocycles. The van der Waals surface area contributed by atoms with E-state index in [9.17, 15) is 9.59 Å².